The molecule has 9 heteroatoms. The first-order valence-electron chi connectivity index (χ1n) is 9.92. The van der Waals surface area contributed by atoms with Crippen LogP contribution in [-0.4, -0.2) is 38.2 Å². The summed E-state index contributed by atoms with van der Waals surface area (Å²) >= 11 is 1.26. The average molecular weight is 436 g/mol. The number of esters is 1. The Morgan fingerprint density at radius 1 is 1.16 bits per heavy atom. The molecule has 3 heterocycles. The van der Waals surface area contributed by atoms with E-state index in [4.69, 9.17) is 9.72 Å². The first-order chi connectivity index (χ1) is 15.1. The average Bonchev–Trinajstić information content (AvgIpc) is 3.40. The van der Waals surface area contributed by atoms with E-state index < -0.39 is 0 Å². The third kappa shape index (κ3) is 4.46. The molecule has 1 N–H and O–H groups in total. The van der Waals surface area contributed by atoms with Gasteiger partial charge in [0.1, 0.15) is 0 Å². The molecule has 0 aliphatic rings. The number of carbonyl (C=O) groups is 2. The zero-order valence-electron chi connectivity index (χ0n) is 17.2. The fourth-order valence-corrected chi connectivity index (χ4v) is 3.90. The summed E-state index contributed by atoms with van der Waals surface area (Å²) in [4.78, 5) is 33.9. The highest BCUT2D eigenvalue weighted by atomic mass is 32.1. The largest absolute Gasteiger partial charge is 0.466 e. The summed E-state index contributed by atoms with van der Waals surface area (Å²) in [6, 6.07) is 11.5. The van der Waals surface area contributed by atoms with Crippen LogP contribution in [0, 0.1) is 0 Å². The van der Waals surface area contributed by atoms with Gasteiger partial charge in [-0.1, -0.05) is 30.3 Å². The summed E-state index contributed by atoms with van der Waals surface area (Å²) in [7, 11) is 0. The second-order valence-electron chi connectivity index (χ2n) is 6.70. The second-order valence-corrected chi connectivity index (χ2v) is 7.56. The van der Waals surface area contributed by atoms with E-state index in [1.165, 1.54) is 11.3 Å². The van der Waals surface area contributed by atoms with E-state index in [1.807, 2.05) is 37.3 Å². The number of amides is 1. The smallest absolute Gasteiger partial charge is 0.311 e. The van der Waals surface area contributed by atoms with Crippen molar-refractivity contribution in [2.45, 2.75) is 26.8 Å². The number of pyridine rings is 1. The Hall–Kier alpha value is -3.59. The van der Waals surface area contributed by atoms with Crippen LogP contribution in [0.3, 0.4) is 0 Å². The number of rotatable bonds is 7. The van der Waals surface area contributed by atoms with Gasteiger partial charge in [0.05, 0.1) is 41.6 Å². The minimum atomic E-state index is -0.346. The van der Waals surface area contributed by atoms with Crippen LogP contribution in [-0.2, 0) is 22.5 Å². The number of hydrogen-bond acceptors (Lipinski definition) is 7. The molecule has 0 spiro atoms. The van der Waals surface area contributed by atoms with Gasteiger partial charge in [0.2, 0.25) is 0 Å². The zero-order valence-corrected chi connectivity index (χ0v) is 18.0. The van der Waals surface area contributed by atoms with E-state index in [9.17, 15) is 9.59 Å². The lowest BCUT2D eigenvalue weighted by Gasteiger charge is -2.08. The molecular formula is C22H21N5O3S. The van der Waals surface area contributed by atoms with Crippen LogP contribution in [0.5, 0.6) is 0 Å². The number of anilines is 1. The van der Waals surface area contributed by atoms with Gasteiger partial charge in [-0.3, -0.25) is 14.9 Å². The van der Waals surface area contributed by atoms with Crippen molar-refractivity contribution in [3.63, 3.8) is 0 Å². The van der Waals surface area contributed by atoms with Gasteiger partial charge >= 0.3 is 5.97 Å². The van der Waals surface area contributed by atoms with Crippen molar-refractivity contribution in [3.05, 3.63) is 59.2 Å². The van der Waals surface area contributed by atoms with Crippen LogP contribution in [0.1, 0.15) is 29.9 Å². The van der Waals surface area contributed by atoms with E-state index in [1.54, 1.807) is 29.2 Å². The minimum Gasteiger partial charge on any atom is -0.466 e. The predicted molar refractivity (Wildman–Crippen MR) is 119 cm³/mol. The molecule has 158 valence electrons. The summed E-state index contributed by atoms with van der Waals surface area (Å²) < 4.78 is 6.71. The number of nitrogens with zero attached hydrogens (tertiary/aromatic N) is 4. The predicted octanol–water partition coefficient (Wildman–Crippen LogP) is 3.93. The highest BCUT2D eigenvalue weighted by molar-refractivity contribution is 7.14. The van der Waals surface area contributed by atoms with E-state index in [2.05, 4.69) is 15.4 Å². The Bertz CT molecular complexity index is 1230. The molecule has 0 bridgehead atoms. The van der Waals surface area contributed by atoms with Gasteiger partial charge in [-0.25, -0.2) is 14.6 Å². The molecule has 0 fully saturated rings. The summed E-state index contributed by atoms with van der Waals surface area (Å²) in [5, 5.41) is 10.0. The number of aromatic nitrogens is 4. The van der Waals surface area contributed by atoms with E-state index >= 15 is 0 Å². The Morgan fingerprint density at radius 3 is 2.71 bits per heavy atom. The monoisotopic (exact) mass is 435 g/mol. The van der Waals surface area contributed by atoms with Crippen LogP contribution in [0.25, 0.3) is 22.3 Å². The molecule has 0 aliphatic carbocycles. The van der Waals surface area contributed by atoms with E-state index in [0.29, 0.717) is 46.3 Å². The Kier molecular flexibility index (Phi) is 6.03. The van der Waals surface area contributed by atoms with Crippen LogP contribution >= 0.6 is 11.3 Å². The molecular weight excluding hydrogens is 414 g/mol. The lowest BCUT2D eigenvalue weighted by Crippen LogP contribution is -2.13. The van der Waals surface area contributed by atoms with Crippen molar-refractivity contribution in [2.24, 2.45) is 0 Å². The molecule has 0 atom stereocenters. The Balaban J connectivity index is 1.65. The maximum atomic E-state index is 13.1. The van der Waals surface area contributed by atoms with Crippen molar-refractivity contribution in [3.8, 4) is 11.3 Å². The number of ether oxygens (including phenoxy) is 1. The van der Waals surface area contributed by atoms with Gasteiger partial charge in [-0.05, 0) is 19.9 Å². The highest BCUT2D eigenvalue weighted by Crippen LogP contribution is 2.26. The molecule has 0 unspecified atom stereocenters. The molecule has 0 aliphatic heterocycles. The fourth-order valence-electron chi connectivity index (χ4n) is 3.19. The maximum absolute atomic E-state index is 13.1. The van der Waals surface area contributed by atoms with Crippen LogP contribution in [0.4, 0.5) is 5.13 Å². The lowest BCUT2D eigenvalue weighted by atomic mass is 10.1. The number of carbonyl (C=O) groups excluding carboxylic acids is 2. The van der Waals surface area contributed by atoms with Crippen molar-refractivity contribution in [1.29, 1.82) is 0 Å². The molecule has 0 saturated heterocycles. The summed E-state index contributed by atoms with van der Waals surface area (Å²) in [5.74, 6) is -0.654. The maximum Gasteiger partial charge on any atom is 0.311 e. The number of aryl methyl sites for hydroxylation is 1. The number of fused-ring (bicyclic) bond motifs is 1. The molecule has 8 nitrogen and oxygen atoms in total. The van der Waals surface area contributed by atoms with Crippen molar-refractivity contribution >= 4 is 39.4 Å². The molecule has 4 aromatic rings. The zero-order chi connectivity index (χ0) is 21.8. The Morgan fingerprint density at radius 2 is 1.97 bits per heavy atom. The number of benzene rings is 1. The normalized spacial score (nSPS) is 10.9. The molecule has 1 amide bonds. The number of thiazole rings is 1. The van der Waals surface area contributed by atoms with Crippen LogP contribution in [0.2, 0.25) is 0 Å². The van der Waals surface area contributed by atoms with Gasteiger partial charge in [0.15, 0.2) is 10.8 Å². The molecule has 0 saturated carbocycles. The van der Waals surface area contributed by atoms with Crippen molar-refractivity contribution in [2.75, 3.05) is 11.9 Å². The van der Waals surface area contributed by atoms with Crippen molar-refractivity contribution in [1.82, 2.24) is 19.7 Å². The summed E-state index contributed by atoms with van der Waals surface area (Å²) in [6.45, 7) is 4.69. The molecule has 3 aromatic heterocycles. The molecule has 4 rings (SSSR count). The quantitative estimate of drug-likeness (QED) is 0.442. The van der Waals surface area contributed by atoms with Gasteiger partial charge in [0.25, 0.3) is 5.91 Å². The van der Waals surface area contributed by atoms with Gasteiger partial charge in [-0.2, -0.15) is 5.10 Å². The highest BCUT2D eigenvalue weighted by Gasteiger charge is 2.19. The van der Waals surface area contributed by atoms with E-state index in [0.717, 1.165) is 5.56 Å². The third-order valence-corrected chi connectivity index (χ3v) is 5.43. The molecule has 0 radical (unpaired) electrons. The fraction of sp³-hybridized carbons (Fsp3) is 0.227. The van der Waals surface area contributed by atoms with Crippen LogP contribution in [0.15, 0.2) is 48.0 Å². The minimum absolute atomic E-state index is 0.0706. The van der Waals surface area contributed by atoms with E-state index in [-0.39, 0.29) is 18.3 Å². The SMILES string of the molecule is CCOC(=O)Cc1csc(NC(=O)c2cc(-c3ccccc3)nc3c2cnn3CC)n1. The summed E-state index contributed by atoms with van der Waals surface area (Å²) in [5.41, 5.74) is 3.27. The molecule has 1 aromatic carbocycles. The summed E-state index contributed by atoms with van der Waals surface area (Å²) in [6.07, 6.45) is 1.73. The molecule has 31 heavy (non-hydrogen) atoms. The van der Waals surface area contributed by atoms with Gasteiger partial charge in [-0.15, -0.1) is 11.3 Å². The van der Waals surface area contributed by atoms with Gasteiger partial charge in [0, 0.05) is 17.5 Å². The topological polar surface area (TPSA) is 99.0 Å². The van der Waals surface area contributed by atoms with Crippen LogP contribution < -0.4 is 5.32 Å². The Labute approximate surface area is 182 Å². The third-order valence-electron chi connectivity index (χ3n) is 4.63. The lowest BCUT2D eigenvalue weighted by molar-refractivity contribution is -0.142. The van der Waals surface area contributed by atoms with Crippen molar-refractivity contribution < 1.29 is 14.3 Å². The number of nitrogens with one attached hydrogen (secondary N) is 1. The number of hydrogen-bond donors (Lipinski definition) is 1. The first-order valence-corrected chi connectivity index (χ1v) is 10.8. The van der Waals surface area contributed by atoms with Gasteiger partial charge < -0.3 is 4.74 Å². The first kappa shape index (κ1) is 20.7. The second kappa shape index (κ2) is 9.05. The standard InChI is InChI=1S/C22H21N5O3S/c1-3-27-20-17(12-23-27)16(11-18(25-20)14-8-6-5-7-9-14)21(29)26-22-24-15(13-31-22)10-19(28)30-4-2/h5-9,11-13H,3-4,10H2,1-2H3,(H,24,26,29).